The second-order valence-corrected chi connectivity index (χ2v) is 7.79. The van der Waals surface area contributed by atoms with Crippen molar-refractivity contribution in [2.75, 3.05) is 20.2 Å². The minimum absolute atomic E-state index is 0.162. The summed E-state index contributed by atoms with van der Waals surface area (Å²) < 4.78 is 0. The predicted molar refractivity (Wildman–Crippen MR) is 114 cm³/mol. The molecule has 0 bridgehead atoms. The van der Waals surface area contributed by atoms with Gasteiger partial charge in [-0.2, -0.15) is 0 Å². The summed E-state index contributed by atoms with van der Waals surface area (Å²) in [5.74, 6) is -0.422. The van der Waals surface area contributed by atoms with E-state index in [9.17, 15) is 14.7 Å². The molecule has 1 aromatic heterocycles. The Labute approximate surface area is 181 Å². The maximum Gasteiger partial charge on any atom is 0.258 e. The van der Waals surface area contributed by atoms with Crippen molar-refractivity contribution >= 4 is 11.8 Å². The highest BCUT2D eigenvalue weighted by molar-refractivity contribution is 5.99. The van der Waals surface area contributed by atoms with E-state index >= 15 is 0 Å². The number of aliphatic hydroxyl groups excluding tert-OH is 1. The molecule has 2 unspecified atom stereocenters. The molecule has 1 aromatic carbocycles. The number of rotatable bonds is 5. The number of nitrogens with zero attached hydrogens (tertiary/aromatic N) is 3. The zero-order chi connectivity index (χ0) is 21.8. The van der Waals surface area contributed by atoms with Gasteiger partial charge in [0.05, 0.1) is 18.9 Å². The van der Waals surface area contributed by atoms with E-state index in [0.717, 1.165) is 17.5 Å². The third kappa shape index (κ3) is 4.60. The van der Waals surface area contributed by atoms with Crippen LogP contribution >= 0.6 is 0 Å². The smallest absolute Gasteiger partial charge is 0.258 e. The van der Waals surface area contributed by atoms with Crippen LogP contribution in [0.15, 0.2) is 60.7 Å². The second-order valence-electron chi connectivity index (χ2n) is 7.79. The monoisotopic (exact) mass is 422 g/mol. The van der Waals surface area contributed by atoms with Crippen molar-refractivity contribution in [1.82, 2.24) is 20.3 Å². The summed E-state index contributed by atoms with van der Waals surface area (Å²) in [7, 11) is 1.49. The molecule has 0 saturated carbocycles. The van der Waals surface area contributed by atoms with Gasteiger partial charge in [0.2, 0.25) is 5.91 Å². The van der Waals surface area contributed by atoms with Crippen LogP contribution in [0.3, 0.4) is 0 Å². The summed E-state index contributed by atoms with van der Waals surface area (Å²) in [5.41, 5.74) is 5.88. The highest BCUT2D eigenvalue weighted by atomic mass is 16.6. The molecule has 2 N–H and O–H groups in total. The molecule has 0 radical (unpaired) electrons. The van der Waals surface area contributed by atoms with Crippen LogP contribution in [-0.2, 0) is 9.63 Å². The van der Waals surface area contributed by atoms with Crippen LogP contribution in [0.4, 0.5) is 0 Å². The molecule has 3 heterocycles. The van der Waals surface area contributed by atoms with E-state index in [2.05, 4.69) is 10.5 Å². The standard InChI is InChI=1S/C23H26N4O4/c1-31-25-19-13-21(23(30)26-12-2-3-20(28)15-26)27(14-19)22(29)18-6-4-16(5-7-18)17-8-10-24-11-9-17/h4-11,14,20-21,25,28H,2-3,12-13,15H2,1H3. The van der Waals surface area contributed by atoms with Gasteiger partial charge in [-0.15, -0.1) is 0 Å². The van der Waals surface area contributed by atoms with E-state index in [4.69, 9.17) is 4.84 Å². The van der Waals surface area contributed by atoms with Crippen molar-refractivity contribution < 1.29 is 19.5 Å². The molecular weight excluding hydrogens is 396 g/mol. The van der Waals surface area contributed by atoms with Crippen LogP contribution < -0.4 is 5.48 Å². The van der Waals surface area contributed by atoms with Crippen LogP contribution in [0.25, 0.3) is 11.1 Å². The van der Waals surface area contributed by atoms with Crippen molar-refractivity contribution in [3.8, 4) is 11.1 Å². The average Bonchev–Trinajstić information content (AvgIpc) is 3.23. The second kappa shape index (κ2) is 9.28. The van der Waals surface area contributed by atoms with E-state index in [1.54, 1.807) is 35.6 Å². The molecule has 31 heavy (non-hydrogen) atoms. The van der Waals surface area contributed by atoms with Gasteiger partial charge < -0.3 is 14.9 Å². The van der Waals surface area contributed by atoms with Gasteiger partial charge in [-0.1, -0.05) is 12.1 Å². The maximum atomic E-state index is 13.3. The van der Waals surface area contributed by atoms with Crippen LogP contribution in [0.2, 0.25) is 0 Å². The molecule has 8 nitrogen and oxygen atoms in total. The molecule has 2 aromatic rings. The quantitative estimate of drug-likeness (QED) is 0.715. The number of carbonyl (C=O) groups is 2. The number of hydrogen-bond acceptors (Lipinski definition) is 6. The molecule has 1 fully saturated rings. The van der Waals surface area contributed by atoms with Crippen molar-refractivity contribution in [3.63, 3.8) is 0 Å². The fraction of sp³-hybridized carbons (Fsp3) is 0.348. The Bertz CT molecular complexity index is 961. The molecule has 1 saturated heterocycles. The molecule has 0 spiro atoms. The van der Waals surface area contributed by atoms with Gasteiger partial charge in [-0.3, -0.25) is 24.9 Å². The highest BCUT2D eigenvalue weighted by Crippen LogP contribution is 2.26. The summed E-state index contributed by atoms with van der Waals surface area (Å²) in [6.07, 6.45) is 6.33. The van der Waals surface area contributed by atoms with E-state index in [1.165, 1.54) is 12.0 Å². The lowest BCUT2D eigenvalue weighted by Gasteiger charge is -2.34. The van der Waals surface area contributed by atoms with Gasteiger partial charge in [0, 0.05) is 43.7 Å². The number of likely N-dealkylation sites (tertiary alicyclic amines) is 1. The van der Waals surface area contributed by atoms with Gasteiger partial charge in [-0.25, -0.2) is 0 Å². The zero-order valence-corrected chi connectivity index (χ0v) is 17.4. The number of hydroxylamine groups is 1. The Kier molecular flexibility index (Phi) is 6.29. The first kappa shape index (κ1) is 21.0. The third-order valence-electron chi connectivity index (χ3n) is 5.65. The average molecular weight is 422 g/mol. The molecular formula is C23H26N4O4. The molecule has 4 rings (SSSR count). The van der Waals surface area contributed by atoms with Crippen LogP contribution in [0, 0.1) is 0 Å². The fourth-order valence-electron chi connectivity index (χ4n) is 4.09. The first-order valence-electron chi connectivity index (χ1n) is 10.4. The van der Waals surface area contributed by atoms with Gasteiger partial charge >= 0.3 is 0 Å². The number of β-amino-alcohol motifs (C(OH)–C–C–N with tert-alkyl or cyclic N) is 1. The Morgan fingerprint density at radius 3 is 2.52 bits per heavy atom. The number of nitrogens with one attached hydrogen (secondary N) is 1. The summed E-state index contributed by atoms with van der Waals surface area (Å²) >= 11 is 0. The lowest BCUT2D eigenvalue weighted by molar-refractivity contribution is -0.138. The summed E-state index contributed by atoms with van der Waals surface area (Å²) in [5, 5.41) is 9.96. The number of carbonyl (C=O) groups excluding carboxylic acids is 2. The Balaban J connectivity index is 1.55. The molecule has 2 aliphatic rings. The molecule has 162 valence electrons. The predicted octanol–water partition coefficient (Wildman–Crippen LogP) is 1.94. The Morgan fingerprint density at radius 1 is 1.13 bits per heavy atom. The Morgan fingerprint density at radius 2 is 1.84 bits per heavy atom. The Hall–Kier alpha value is -3.23. The fourth-order valence-corrected chi connectivity index (χ4v) is 4.09. The van der Waals surface area contributed by atoms with E-state index in [-0.39, 0.29) is 11.8 Å². The maximum absolute atomic E-state index is 13.3. The minimum atomic E-state index is -0.671. The lowest BCUT2D eigenvalue weighted by Crippen LogP contribution is -2.51. The topological polar surface area (TPSA) is 95.0 Å². The zero-order valence-electron chi connectivity index (χ0n) is 17.4. The van der Waals surface area contributed by atoms with Crippen molar-refractivity contribution in [2.24, 2.45) is 0 Å². The molecule has 2 atom stereocenters. The minimum Gasteiger partial charge on any atom is -0.391 e. The summed E-state index contributed by atoms with van der Waals surface area (Å²) in [6, 6.07) is 10.4. The van der Waals surface area contributed by atoms with Crippen molar-refractivity contribution in [2.45, 2.75) is 31.4 Å². The van der Waals surface area contributed by atoms with E-state index < -0.39 is 12.1 Å². The van der Waals surface area contributed by atoms with Crippen molar-refractivity contribution in [1.29, 1.82) is 0 Å². The first-order valence-corrected chi connectivity index (χ1v) is 10.4. The molecule has 8 heteroatoms. The van der Waals surface area contributed by atoms with Crippen molar-refractivity contribution in [3.05, 3.63) is 66.3 Å². The number of pyridine rings is 1. The molecule has 2 amide bonds. The lowest BCUT2D eigenvalue weighted by atomic mass is 10.0. The normalized spacial score (nSPS) is 21.0. The SMILES string of the molecule is CONC1=CN(C(=O)c2ccc(-c3ccncc3)cc2)C(C(=O)N2CCCC(O)C2)C1. The number of benzene rings is 1. The van der Waals surface area contributed by atoms with Gasteiger partial charge in [0.25, 0.3) is 5.91 Å². The van der Waals surface area contributed by atoms with E-state index in [0.29, 0.717) is 37.2 Å². The summed E-state index contributed by atoms with van der Waals surface area (Å²) in [6.45, 7) is 0.882. The third-order valence-corrected chi connectivity index (χ3v) is 5.65. The van der Waals surface area contributed by atoms with E-state index in [1.807, 2.05) is 24.3 Å². The number of amides is 2. The van der Waals surface area contributed by atoms with Crippen LogP contribution in [-0.4, -0.2) is 64.0 Å². The van der Waals surface area contributed by atoms with Crippen LogP contribution in [0.5, 0.6) is 0 Å². The number of aliphatic hydroxyl groups is 1. The number of hydrogen-bond donors (Lipinski definition) is 2. The highest BCUT2D eigenvalue weighted by Gasteiger charge is 2.38. The number of aromatic nitrogens is 1. The summed E-state index contributed by atoms with van der Waals surface area (Å²) in [4.78, 5) is 38.6. The molecule has 2 aliphatic heterocycles. The van der Waals surface area contributed by atoms with Gasteiger partial charge in [0.1, 0.15) is 6.04 Å². The van der Waals surface area contributed by atoms with Gasteiger partial charge in [0.15, 0.2) is 0 Å². The largest absolute Gasteiger partial charge is 0.391 e. The van der Waals surface area contributed by atoms with Crippen LogP contribution in [0.1, 0.15) is 29.6 Å². The van der Waals surface area contributed by atoms with Gasteiger partial charge in [-0.05, 0) is 48.2 Å². The number of piperidine rings is 1. The molecule has 0 aliphatic carbocycles. The first-order chi connectivity index (χ1) is 15.1.